The van der Waals surface area contributed by atoms with Gasteiger partial charge in [-0.1, -0.05) is 6.92 Å². The van der Waals surface area contributed by atoms with Crippen molar-refractivity contribution in [1.82, 2.24) is 5.32 Å². The van der Waals surface area contributed by atoms with Crippen LogP contribution < -0.4 is 5.32 Å². The van der Waals surface area contributed by atoms with E-state index in [-0.39, 0.29) is 0 Å². The molecule has 2 nitrogen and oxygen atoms in total. The van der Waals surface area contributed by atoms with E-state index in [1.54, 1.807) is 0 Å². The van der Waals surface area contributed by atoms with Crippen molar-refractivity contribution in [3.8, 4) is 0 Å². The topological polar surface area (TPSA) is 32.3 Å². The van der Waals surface area contributed by atoms with Crippen molar-refractivity contribution in [3.05, 3.63) is 0 Å². The molecule has 0 aromatic rings. The Morgan fingerprint density at radius 1 is 1.67 bits per heavy atom. The molecule has 3 atom stereocenters. The number of thioether (sulfide) groups is 1. The van der Waals surface area contributed by atoms with E-state index in [1.165, 1.54) is 12.2 Å². The van der Waals surface area contributed by atoms with E-state index in [0.29, 0.717) is 18.7 Å². The number of rotatable bonds is 4. The summed E-state index contributed by atoms with van der Waals surface area (Å²) < 4.78 is 0. The van der Waals surface area contributed by atoms with Crippen LogP contribution in [0.1, 0.15) is 26.7 Å². The van der Waals surface area contributed by atoms with Gasteiger partial charge >= 0.3 is 0 Å². The van der Waals surface area contributed by atoms with Crippen molar-refractivity contribution in [2.75, 3.05) is 12.4 Å². The molecule has 0 aliphatic carbocycles. The number of nitrogens with one attached hydrogen (secondary N) is 1. The first kappa shape index (κ1) is 10.4. The Morgan fingerprint density at radius 3 is 2.92 bits per heavy atom. The average Bonchev–Trinajstić information content (AvgIpc) is 2.37. The van der Waals surface area contributed by atoms with Crippen LogP contribution in [0.3, 0.4) is 0 Å². The Hall–Kier alpha value is 0.270. The van der Waals surface area contributed by atoms with Gasteiger partial charge in [-0.3, -0.25) is 0 Å². The first-order valence-corrected chi connectivity index (χ1v) is 5.77. The summed E-state index contributed by atoms with van der Waals surface area (Å²) in [5, 5.41) is 13.0. The standard InChI is InChI=1S/C9H19NOS/c1-7(3-5-11)10-9-4-6-12-8(9)2/h7-11H,3-6H2,1-2H3. The zero-order valence-electron chi connectivity index (χ0n) is 7.92. The van der Waals surface area contributed by atoms with E-state index in [0.717, 1.165) is 11.7 Å². The molecule has 1 rings (SSSR count). The van der Waals surface area contributed by atoms with Crippen LogP contribution >= 0.6 is 11.8 Å². The summed E-state index contributed by atoms with van der Waals surface area (Å²) in [6.07, 6.45) is 2.15. The molecule has 1 heterocycles. The Bertz CT molecular complexity index is 132. The maximum absolute atomic E-state index is 8.73. The fourth-order valence-corrected chi connectivity index (χ4v) is 2.80. The summed E-state index contributed by atoms with van der Waals surface area (Å²) >= 11 is 2.04. The summed E-state index contributed by atoms with van der Waals surface area (Å²) in [5.41, 5.74) is 0. The molecule has 0 amide bonds. The first-order chi connectivity index (χ1) is 5.74. The lowest BCUT2D eigenvalue weighted by Crippen LogP contribution is -2.40. The highest BCUT2D eigenvalue weighted by Crippen LogP contribution is 2.26. The Morgan fingerprint density at radius 2 is 2.42 bits per heavy atom. The fourth-order valence-electron chi connectivity index (χ4n) is 1.59. The van der Waals surface area contributed by atoms with Crippen molar-refractivity contribution < 1.29 is 5.11 Å². The van der Waals surface area contributed by atoms with E-state index in [2.05, 4.69) is 19.2 Å². The predicted molar refractivity (Wildman–Crippen MR) is 54.6 cm³/mol. The van der Waals surface area contributed by atoms with Gasteiger partial charge in [0.15, 0.2) is 0 Å². The van der Waals surface area contributed by atoms with E-state index in [9.17, 15) is 0 Å². The highest BCUT2D eigenvalue weighted by Gasteiger charge is 2.24. The number of aliphatic hydroxyl groups excluding tert-OH is 1. The predicted octanol–water partition coefficient (Wildman–Crippen LogP) is 1.24. The van der Waals surface area contributed by atoms with Crippen LogP contribution in [-0.2, 0) is 0 Å². The normalized spacial score (nSPS) is 32.2. The van der Waals surface area contributed by atoms with Crippen LogP contribution in [0.15, 0.2) is 0 Å². The van der Waals surface area contributed by atoms with Crippen LogP contribution in [0.25, 0.3) is 0 Å². The lowest BCUT2D eigenvalue weighted by atomic mass is 10.1. The molecule has 0 radical (unpaired) electrons. The largest absolute Gasteiger partial charge is 0.396 e. The van der Waals surface area contributed by atoms with E-state index in [1.807, 2.05) is 11.8 Å². The monoisotopic (exact) mass is 189 g/mol. The maximum Gasteiger partial charge on any atom is 0.0445 e. The summed E-state index contributed by atoms with van der Waals surface area (Å²) in [4.78, 5) is 0. The smallest absolute Gasteiger partial charge is 0.0445 e. The molecule has 0 bridgehead atoms. The van der Waals surface area contributed by atoms with E-state index >= 15 is 0 Å². The van der Waals surface area contributed by atoms with Gasteiger partial charge in [-0.2, -0.15) is 11.8 Å². The summed E-state index contributed by atoms with van der Waals surface area (Å²) in [7, 11) is 0. The molecule has 12 heavy (non-hydrogen) atoms. The van der Waals surface area contributed by atoms with Gasteiger partial charge in [0.05, 0.1) is 0 Å². The highest BCUT2D eigenvalue weighted by atomic mass is 32.2. The maximum atomic E-state index is 8.73. The van der Waals surface area contributed by atoms with Crippen LogP contribution in [0.2, 0.25) is 0 Å². The van der Waals surface area contributed by atoms with Crippen LogP contribution in [0.4, 0.5) is 0 Å². The molecule has 0 aromatic carbocycles. The van der Waals surface area contributed by atoms with Gasteiger partial charge < -0.3 is 10.4 Å². The quantitative estimate of drug-likeness (QED) is 0.698. The van der Waals surface area contributed by atoms with Gasteiger partial charge in [-0.15, -0.1) is 0 Å². The number of aliphatic hydroxyl groups is 1. The third-order valence-electron chi connectivity index (χ3n) is 2.44. The number of hydrogen-bond acceptors (Lipinski definition) is 3. The van der Waals surface area contributed by atoms with Crippen LogP contribution in [0.5, 0.6) is 0 Å². The molecular weight excluding hydrogens is 170 g/mol. The molecule has 3 heteroatoms. The van der Waals surface area contributed by atoms with Gasteiger partial charge in [0.2, 0.25) is 0 Å². The minimum Gasteiger partial charge on any atom is -0.396 e. The summed E-state index contributed by atoms with van der Waals surface area (Å²) in [5.74, 6) is 1.28. The average molecular weight is 189 g/mol. The molecule has 1 saturated heterocycles. The molecule has 3 unspecified atom stereocenters. The van der Waals surface area contributed by atoms with Gasteiger partial charge in [0.25, 0.3) is 0 Å². The molecule has 2 N–H and O–H groups in total. The third kappa shape index (κ3) is 2.96. The van der Waals surface area contributed by atoms with E-state index < -0.39 is 0 Å². The second kappa shape index (κ2) is 5.10. The second-order valence-electron chi connectivity index (χ2n) is 3.55. The van der Waals surface area contributed by atoms with Gasteiger partial charge in [-0.05, 0) is 25.5 Å². The Labute approximate surface area is 79.1 Å². The lowest BCUT2D eigenvalue weighted by molar-refractivity contribution is 0.262. The fraction of sp³-hybridized carbons (Fsp3) is 1.00. The Balaban J connectivity index is 2.20. The van der Waals surface area contributed by atoms with Crippen molar-refractivity contribution in [1.29, 1.82) is 0 Å². The molecular formula is C9H19NOS. The van der Waals surface area contributed by atoms with Gasteiger partial charge in [0, 0.05) is 23.9 Å². The molecule has 1 aliphatic rings. The first-order valence-electron chi connectivity index (χ1n) is 4.72. The molecule has 72 valence electrons. The molecule has 1 fully saturated rings. The van der Waals surface area contributed by atoms with Gasteiger partial charge in [0.1, 0.15) is 0 Å². The van der Waals surface area contributed by atoms with Crippen LogP contribution in [-0.4, -0.2) is 34.8 Å². The van der Waals surface area contributed by atoms with Gasteiger partial charge in [-0.25, -0.2) is 0 Å². The molecule has 0 aromatic heterocycles. The second-order valence-corrected chi connectivity index (χ2v) is 5.04. The molecule has 1 aliphatic heterocycles. The van der Waals surface area contributed by atoms with Crippen LogP contribution in [0, 0.1) is 0 Å². The van der Waals surface area contributed by atoms with E-state index in [4.69, 9.17) is 5.11 Å². The minimum atomic E-state index is 0.294. The molecule has 0 saturated carbocycles. The van der Waals surface area contributed by atoms with Crippen molar-refractivity contribution >= 4 is 11.8 Å². The zero-order valence-corrected chi connectivity index (χ0v) is 8.73. The summed E-state index contributed by atoms with van der Waals surface area (Å²) in [6, 6.07) is 1.12. The zero-order chi connectivity index (χ0) is 8.97. The summed E-state index contributed by atoms with van der Waals surface area (Å²) in [6.45, 7) is 4.72. The molecule has 0 spiro atoms. The van der Waals surface area contributed by atoms with Crippen molar-refractivity contribution in [2.24, 2.45) is 0 Å². The number of hydrogen-bond donors (Lipinski definition) is 2. The van der Waals surface area contributed by atoms with Crippen molar-refractivity contribution in [3.63, 3.8) is 0 Å². The lowest BCUT2D eigenvalue weighted by Gasteiger charge is -2.21. The SMILES string of the molecule is CC(CCO)NC1CCSC1C. The third-order valence-corrected chi connectivity index (χ3v) is 3.76. The highest BCUT2D eigenvalue weighted by molar-refractivity contribution is 8.00. The van der Waals surface area contributed by atoms with Crippen molar-refractivity contribution in [2.45, 2.75) is 44.0 Å². The Kier molecular flexibility index (Phi) is 4.40. The minimum absolute atomic E-state index is 0.294.